The van der Waals surface area contributed by atoms with Gasteiger partial charge in [0.1, 0.15) is 23.5 Å². The van der Waals surface area contributed by atoms with Gasteiger partial charge in [-0.1, -0.05) is 11.6 Å². The molecule has 0 bridgehead atoms. The maximum absolute atomic E-state index is 15.5. The summed E-state index contributed by atoms with van der Waals surface area (Å²) < 4.78 is 22.6. The van der Waals surface area contributed by atoms with E-state index in [0.29, 0.717) is 54.3 Å². The summed E-state index contributed by atoms with van der Waals surface area (Å²) in [4.78, 5) is 27.3. The highest BCUT2D eigenvalue weighted by Gasteiger charge is 2.39. The fourth-order valence-electron chi connectivity index (χ4n) is 5.60. The molecule has 0 atom stereocenters. The van der Waals surface area contributed by atoms with E-state index >= 15 is 4.39 Å². The maximum atomic E-state index is 15.5. The fraction of sp³-hybridized carbons (Fsp3) is 0.379. The molecule has 11 heteroatoms. The third kappa shape index (κ3) is 4.80. The molecule has 2 aromatic heterocycles. The Morgan fingerprint density at radius 1 is 1.15 bits per heavy atom. The van der Waals surface area contributed by atoms with Crippen molar-refractivity contribution in [3.63, 3.8) is 0 Å². The summed E-state index contributed by atoms with van der Waals surface area (Å²) in [6.07, 6.45) is 4.50. The first-order valence-corrected chi connectivity index (χ1v) is 13.8. The first kappa shape index (κ1) is 26.6. The number of aliphatic hydroxyl groups is 1. The molecule has 6 rings (SSSR count). The monoisotopic (exact) mass is 564 g/mol. The quantitative estimate of drug-likeness (QED) is 0.308. The Morgan fingerprint density at radius 2 is 1.90 bits per heavy atom. The summed E-state index contributed by atoms with van der Waals surface area (Å²) in [5.41, 5.74) is 2.08. The Bertz CT molecular complexity index is 1580. The molecular weight excluding hydrogens is 535 g/mol. The second-order valence-corrected chi connectivity index (χ2v) is 11.0. The van der Waals surface area contributed by atoms with E-state index in [2.05, 4.69) is 20.3 Å². The minimum Gasteiger partial charge on any atom is -0.382 e. The fourth-order valence-corrected chi connectivity index (χ4v) is 5.80. The third-order valence-corrected chi connectivity index (χ3v) is 7.83. The number of rotatable bonds is 6. The second kappa shape index (κ2) is 10.4. The number of nitrogens with zero attached hydrogens (tertiary/aromatic N) is 5. The van der Waals surface area contributed by atoms with E-state index in [1.54, 1.807) is 4.90 Å². The highest BCUT2D eigenvalue weighted by atomic mass is 35.5. The summed E-state index contributed by atoms with van der Waals surface area (Å²) in [7, 11) is 0. The molecule has 1 aliphatic heterocycles. The van der Waals surface area contributed by atoms with Gasteiger partial charge in [-0.3, -0.25) is 4.79 Å². The van der Waals surface area contributed by atoms with Crippen molar-refractivity contribution in [3.05, 3.63) is 59.3 Å². The topological polar surface area (TPSA) is 105 Å². The van der Waals surface area contributed by atoms with Crippen molar-refractivity contribution >= 4 is 45.9 Å². The Labute approximate surface area is 236 Å². The summed E-state index contributed by atoms with van der Waals surface area (Å²) >= 11 is 6.51. The van der Waals surface area contributed by atoms with Crippen molar-refractivity contribution in [3.8, 4) is 11.3 Å². The molecule has 1 amide bonds. The largest absolute Gasteiger partial charge is 0.382 e. The number of morpholine rings is 1. The number of aromatic nitrogens is 4. The molecule has 1 saturated heterocycles. The highest BCUT2D eigenvalue weighted by Crippen LogP contribution is 2.41. The lowest BCUT2D eigenvalue weighted by Gasteiger charge is -2.26. The minimum absolute atomic E-state index is 0.0481. The number of carbonyl (C=O) groups is 1. The summed E-state index contributed by atoms with van der Waals surface area (Å²) in [5.74, 6) is 0.204. The van der Waals surface area contributed by atoms with Crippen LogP contribution in [0.25, 0.3) is 22.3 Å². The molecule has 2 fully saturated rings. The Morgan fingerprint density at radius 3 is 2.60 bits per heavy atom. The number of fused-ring (bicyclic) bond motifs is 1. The predicted molar refractivity (Wildman–Crippen MR) is 151 cm³/mol. The summed E-state index contributed by atoms with van der Waals surface area (Å²) in [5, 5.41) is 14.7. The SMILES string of the molecule is CC(C)n1c(C2(O)CCCC2)nc2c(F)cc(-c3nc(Nc4ccc(N5CCOCC5=O)cc4)ncc3Cl)cc21. The molecule has 3 heterocycles. The number of imidazole rings is 1. The second-order valence-electron chi connectivity index (χ2n) is 10.6. The van der Waals surface area contributed by atoms with E-state index in [4.69, 9.17) is 16.3 Å². The number of ether oxygens (including phenoxy) is 1. The number of nitrogens with one attached hydrogen (secondary N) is 1. The van der Waals surface area contributed by atoms with Gasteiger partial charge in [0.05, 0.1) is 29.0 Å². The summed E-state index contributed by atoms with van der Waals surface area (Å²) in [6, 6.07) is 10.5. The Balaban J connectivity index is 1.33. The van der Waals surface area contributed by atoms with Crippen LogP contribution in [-0.2, 0) is 15.1 Å². The van der Waals surface area contributed by atoms with Gasteiger partial charge in [0.2, 0.25) is 5.95 Å². The van der Waals surface area contributed by atoms with Crippen LogP contribution in [-0.4, -0.2) is 50.3 Å². The lowest BCUT2D eigenvalue weighted by Crippen LogP contribution is -2.41. The van der Waals surface area contributed by atoms with E-state index in [-0.39, 0.29) is 35.0 Å². The van der Waals surface area contributed by atoms with Crippen LogP contribution in [0.2, 0.25) is 5.02 Å². The van der Waals surface area contributed by atoms with Crippen LogP contribution in [0.1, 0.15) is 51.4 Å². The van der Waals surface area contributed by atoms with E-state index in [0.717, 1.165) is 18.5 Å². The molecule has 208 valence electrons. The molecule has 4 aromatic rings. The predicted octanol–water partition coefficient (Wildman–Crippen LogP) is 5.74. The lowest BCUT2D eigenvalue weighted by molar-refractivity contribution is -0.125. The van der Waals surface area contributed by atoms with Gasteiger partial charge >= 0.3 is 0 Å². The van der Waals surface area contributed by atoms with Gasteiger partial charge in [-0.25, -0.2) is 19.3 Å². The molecule has 1 saturated carbocycles. The van der Waals surface area contributed by atoms with E-state index in [1.165, 1.54) is 12.3 Å². The Hall–Kier alpha value is -3.60. The lowest BCUT2D eigenvalue weighted by atomic mass is 10.0. The van der Waals surface area contributed by atoms with Gasteiger partial charge in [-0.2, -0.15) is 0 Å². The normalized spacial score (nSPS) is 17.2. The van der Waals surface area contributed by atoms with Gasteiger partial charge in [0, 0.05) is 29.5 Å². The molecule has 2 N–H and O–H groups in total. The Kier molecular flexibility index (Phi) is 6.93. The average Bonchev–Trinajstić information content (AvgIpc) is 3.56. The molecular formula is C29H30ClFN6O3. The number of halogens is 2. The molecule has 2 aromatic carbocycles. The van der Waals surface area contributed by atoms with E-state index < -0.39 is 11.4 Å². The van der Waals surface area contributed by atoms with Crippen molar-refractivity contribution < 1.29 is 19.0 Å². The number of anilines is 3. The van der Waals surface area contributed by atoms with Crippen LogP contribution in [0, 0.1) is 5.82 Å². The van der Waals surface area contributed by atoms with E-state index in [9.17, 15) is 9.90 Å². The smallest absolute Gasteiger partial charge is 0.253 e. The molecule has 0 spiro atoms. The van der Waals surface area contributed by atoms with Crippen LogP contribution >= 0.6 is 11.6 Å². The minimum atomic E-state index is -1.07. The van der Waals surface area contributed by atoms with Crippen LogP contribution in [0.5, 0.6) is 0 Å². The van der Waals surface area contributed by atoms with Crippen LogP contribution in [0.3, 0.4) is 0 Å². The summed E-state index contributed by atoms with van der Waals surface area (Å²) in [6.45, 7) is 5.07. The van der Waals surface area contributed by atoms with Gasteiger partial charge in [-0.05, 0) is 75.9 Å². The first-order chi connectivity index (χ1) is 19.2. The number of hydrogen-bond donors (Lipinski definition) is 2. The number of hydrogen-bond acceptors (Lipinski definition) is 7. The van der Waals surface area contributed by atoms with Crippen LogP contribution < -0.4 is 10.2 Å². The zero-order valence-corrected chi connectivity index (χ0v) is 23.1. The van der Waals surface area contributed by atoms with Crippen LogP contribution in [0.4, 0.5) is 21.7 Å². The van der Waals surface area contributed by atoms with Gasteiger partial charge in [-0.15, -0.1) is 0 Å². The molecule has 0 radical (unpaired) electrons. The van der Waals surface area contributed by atoms with Crippen molar-refractivity contribution in [2.45, 2.75) is 51.2 Å². The molecule has 1 aliphatic carbocycles. The van der Waals surface area contributed by atoms with Crippen molar-refractivity contribution in [1.82, 2.24) is 19.5 Å². The van der Waals surface area contributed by atoms with Gasteiger partial charge < -0.3 is 24.6 Å². The zero-order chi connectivity index (χ0) is 28.0. The van der Waals surface area contributed by atoms with Crippen molar-refractivity contribution in [1.29, 1.82) is 0 Å². The number of carbonyl (C=O) groups excluding carboxylic acids is 1. The molecule has 0 unspecified atom stereocenters. The molecule has 40 heavy (non-hydrogen) atoms. The maximum Gasteiger partial charge on any atom is 0.253 e. The standard InChI is InChI=1S/C29H30ClFN6O3/c1-17(2)37-23-14-18(13-22(31)26(23)34-27(37)29(39)9-3-4-10-29)25-21(30)15-32-28(35-25)33-19-5-7-20(8-6-19)36-11-12-40-16-24(36)38/h5-8,13-15,17,39H,3-4,9-12,16H2,1-2H3,(H,32,33,35). The third-order valence-electron chi connectivity index (χ3n) is 7.55. The van der Waals surface area contributed by atoms with Crippen molar-refractivity contribution in [2.75, 3.05) is 30.0 Å². The highest BCUT2D eigenvalue weighted by molar-refractivity contribution is 6.33. The zero-order valence-electron chi connectivity index (χ0n) is 22.3. The molecule has 2 aliphatic rings. The van der Waals surface area contributed by atoms with Gasteiger partial charge in [0.15, 0.2) is 5.82 Å². The van der Waals surface area contributed by atoms with E-state index in [1.807, 2.05) is 48.7 Å². The van der Waals surface area contributed by atoms with Gasteiger partial charge in [0.25, 0.3) is 5.91 Å². The molecule has 9 nitrogen and oxygen atoms in total. The van der Waals surface area contributed by atoms with Crippen molar-refractivity contribution in [2.24, 2.45) is 0 Å². The average molecular weight is 565 g/mol. The first-order valence-electron chi connectivity index (χ1n) is 13.5. The number of amides is 1. The van der Waals surface area contributed by atoms with Crippen LogP contribution in [0.15, 0.2) is 42.6 Å². The number of benzene rings is 2.